The van der Waals surface area contributed by atoms with Crippen LogP contribution in [0.1, 0.15) is 40.5 Å². The standard InChI is InChI=1S/C20H17FN6O/c21-12-8-9-16-15(10-12)13-5-3-6-17(19(13)23-16)24-20(28)14-4-1-2-7-18(14)27-11-22-25-26-27/h1-2,4,7-11,17,23H,3,5-6H2,(H,24,28)/t17-/m0/s1. The fourth-order valence-corrected chi connectivity index (χ4v) is 3.95. The van der Waals surface area contributed by atoms with E-state index in [1.807, 2.05) is 6.07 Å². The number of hydrogen-bond acceptors (Lipinski definition) is 4. The summed E-state index contributed by atoms with van der Waals surface area (Å²) in [6.45, 7) is 0. The number of nitrogens with one attached hydrogen (secondary N) is 2. The Morgan fingerprint density at radius 3 is 3.00 bits per heavy atom. The van der Waals surface area contributed by atoms with Crippen LogP contribution in [0.3, 0.4) is 0 Å². The van der Waals surface area contributed by atoms with Crippen molar-refractivity contribution in [3.63, 3.8) is 0 Å². The summed E-state index contributed by atoms with van der Waals surface area (Å²) in [6.07, 6.45) is 4.07. The normalized spacial score (nSPS) is 16.1. The molecular weight excluding hydrogens is 359 g/mol. The van der Waals surface area contributed by atoms with Crippen LogP contribution < -0.4 is 5.32 Å². The first kappa shape index (κ1) is 16.6. The van der Waals surface area contributed by atoms with Crippen LogP contribution in [0.25, 0.3) is 16.6 Å². The molecule has 0 bridgehead atoms. The number of carbonyl (C=O) groups excluding carboxylic acids is 1. The molecule has 140 valence electrons. The SMILES string of the molecule is O=C(N[C@H]1CCCc2c1[nH]c1ccc(F)cc21)c1ccccc1-n1cnnn1. The average molecular weight is 376 g/mol. The van der Waals surface area contributed by atoms with E-state index in [0.717, 1.165) is 41.4 Å². The van der Waals surface area contributed by atoms with Crippen molar-refractivity contribution in [3.05, 3.63) is 71.4 Å². The number of aryl methyl sites for hydroxylation is 1. The first-order chi connectivity index (χ1) is 13.7. The van der Waals surface area contributed by atoms with Gasteiger partial charge in [0.25, 0.3) is 5.91 Å². The number of fused-ring (bicyclic) bond motifs is 3. The number of aromatic amines is 1. The van der Waals surface area contributed by atoms with Crippen LogP contribution in [0.15, 0.2) is 48.8 Å². The Labute approximate surface area is 159 Å². The maximum absolute atomic E-state index is 13.7. The minimum Gasteiger partial charge on any atom is -0.356 e. The number of nitrogens with zero attached hydrogens (tertiary/aromatic N) is 4. The molecule has 2 heterocycles. The van der Waals surface area contributed by atoms with Gasteiger partial charge in [0, 0.05) is 16.6 Å². The molecule has 1 aliphatic carbocycles. The molecule has 0 aliphatic heterocycles. The summed E-state index contributed by atoms with van der Waals surface area (Å²) < 4.78 is 15.2. The molecule has 2 aromatic heterocycles. The van der Waals surface area contributed by atoms with E-state index in [1.165, 1.54) is 17.1 Å². The van der Waals surface area contributed by atoms with Gasteiger partial charge < -0.3 is 10.3 Å². The Kier molecular flexibility index (Phi) is 3.89. The van der Waals surface area contributed by atoms with Crippen LogP contribution >= 0.6 is 0 Å². The number of halogens is 1. The Morgan fingerprint density at radius 1 is 1.25 bits per heavy atom. The molecule has 0 unspecified atom stereocenters. The zero-order valence-corrected chi connectivity index (χ0v) is 14.9. The maximum Gasteiger partial charge on any atom is 0.254 e. The Bertz CT molecular complexity index is 1170. The van der Waals surface area contributed by atoms with Gasteiger partial charge in [-0.2, -0.15) is 4.68 Å². The molecule has 0 fully saturated rings. The summed E-state index contributed by atoms with van der Waals surface area (Å²) in [5.74, 6) is -0.454. The number of tetrazole rings is 1. The molecule has 8 heteroatoms. The number of aromatic nitrogens is 5. The molecule has 5 rings (SSSR count). The van der Waals surface area contributed by atoms with Crippen molar-refractivity contribution in [3.8, 4) is 5.69 Å². The van der Waals surface area contributed by atoms with Gasteiger partial charge in [-0.3, -0.25) is 4.79 Å². The number of carbonyl (C=O) groups is 1. The van der Waals surface area contributed by atoms with E-state index in [4.69, 9.17) is 0 Å². The minimum absolute atomic E-state index is 0.159. The monoisotopic (exact) mass is 376 g/mol. The molecule has 1 atom stereocenters. The number of rotatable bonds is 3. The molecular formula is C20H17FN6O. The number of hydrogen-bond donors (Lipinski definition) is 2. The van der Waals surface area contributed by atoms with Gasteiger partial charge in [0.15, 0.2) is 0 Å². The molecule has 0 radical (unpaired) electrons. The quantitative estimate of drug-likeness (QED) is 0.575. The van der Waals surface area contributed by atoms with E-state index in [-0.39, 0.29) is 17.8 Å². The summed E-state index contributed by atoms with van der Waals surface area (Å²) in [5, 5.41) is 15.2. The number of amides is 1. The molecule has 2 N–H and O–H groups in total. The number of para-hydroxylation sites is 1. The molecule has 0 saturated heterocycles. The molecule has 1 amide bonds. The summed E-state index contributed by atoms with van der Waals surface area (Å²) in [7, 11) is 0. The second-order valence-electron chi connectivity index (χ2n) is 6.90. The van der Waals surface area contributed by atoms with Crippen molar-refractivity contribution in [2.24, 2.45) is 0 Å². The van der Waals surface area contributed by atoms with E-state index in [2.05, 4.69) is 25.8 Å². The summed E-state index contributed by atoms with van der Waals surface area (Å²) in [5.41, 5.74) is 4.03. The lowest BCUT2D eigenvalue weighted by Gasteiger charge is -2.24. The molecule has 0 saturated carbocycles. The van der Waals surface area contributed by atoms with Crippen LogP contribution in [-0.4, -0.2) is 31.1 Å². The van der Waals surface area contributed by atoms with Crippen LogP contribution in [0, 0.1) is 5.82 Å². The predicted octanol–water partition coefficient (Wildman–Crippen LogP) is 3.09. The van der Waals surface area contributed by atoms with Gasteiger partial charge in [0.2, 0.25) is 0 Å². The van der Waals surface area contributed by atoms with Gasteiger partial charge in [-0.15, -0.1) is 5.10 Å². The van der Waals surface area contributed by atoms with E-state index < -0.39 is 0 Å². The van der Waals surface area contributed by atoms with Crippen LogP contribution in [0.2, 0.25) is 0 Å². The van der Waals surface area contributed by atoms with Gasteiger partial charge in [-0.1, -0.05) is 12.1 Å². The second kappa shape index (κ2) is 6.56. The third-order valence-corrected chi connectivity index (χ3v) is 5.22. The lowest BCUT2D eigenvalue weighted by atomic mass is 9.91. The molecule has 4 aromatic rings. The Morgan fingerprint density at radius 2 is 2.14 bits per heavy atom. The van der Waals surface area contributed by atoms with Crippen molar-refractivity contribution in [2.75, 3.05) is 0 Å². The topological polar surface area (TPSA) is 88.5 Å². The fourth-order valence-electron chi connectivity index (χ4n) is 3.95. The van der Waals surface area contributed by atoms with Crippen LogP contribution in [-0.2, 0) is 6.42 Å². The largest absolute Gasteiger partial charge is 0.356 e. The molecule has 28 heavy (non-hydrogen) atoms. The molecule has 7 nitrogen and oxygen atoms in total. The van der Waals surface area contributed by atoms with Gasteiger partial charge >= 0.3 is 0 Å². The number of H-pyrrole nitrogens is 1. The van der Waals surface area contributed by atoms with Crippen molar-refractivity contribution < 1.29 is 9.18 Å². The zero-order valence-electron chi connectivity index (χ0n) is 14.9. The fraction of sp³-hybridized carbons (Fsp3) is 0.200. The van der Waals surface area contributed by atoms with Gasteiger partial charge in [0.1, 0.15) is 12.1 Å². The smallest absolute Gasteiger partial charge is 0.254 e. The maximum atomic E-state index is 13.7. The van der Waals surface area contributed by atoms with E-state index >= 15 is 0 Å². The minimum atomic E-state index is -0.254. The molecule has 0 spiro atoms. The highest BCUT2D eigenvalue weighted by molar-refractivity contribution is 5.98. The third kappa shape index (κ3) is 2.74. The highest BCUT2D eigenvalue weighted by atomic mass is 19.1. The van der Waals surface area contributed by atoms with Crippen molar-refractivity contribution >= 4 is 16.8 Å². The first-order valence-corrected chi connectivity index (χ1v) is 9.14. The third-order valence-electron chi connectivity index (χ3n) is 5.22. The second-order valence-corrected chi connectivity index (χ2v) is 6.90. The summed E-state index contributed by atoms with van der Waals surface area (Å²) in [6, 6.07) is 11.8. The van der Waals surface area contributed by atoms with Crippen molar-refractivity contribution in [2.45, 2.75) is 25.3 Å². The van der Waals surface area contributed by atoms with E-state index in [0.29, 0.717) is 11.3 Å². The van der Waals surface area contributed by atoms with Crippen molar-refractivity contribution in [1.82, 2.24) is 30.5 Å². The van der Waals surface area contributed by atoms with Gasteiger partial charge in [0.05, 0.1) is 17.3 Å². The number of benzene rings is 2. The Balaban J connectivity index is 1.49. The summed E-state index contributed by atoms with van der Waals surface area (Å²) in [4.78, 5) is 16.4. The van der Waals surface area contributed by atoms with Gasteiger partial charge in [-0.05, 0) is 65.6 Å². The lowest BCUT2D eigenvalue weighted by Crippen LogP contribution is -2.31. The van der Waals surface area contributed by atoms with Crippen molar-refractivity contribution in [1.29, 1.82) is 0 Å². The van der Waals surface area contributed by atoms with Crippen LogP contribution in [0.5, 0.6) is 0 Å². The Hall–Kier alpha value is -3.55. The highest BCUT2D eigenvalue weighted by Crippen LogP contribution is 2.35. The zero-order chi connectivity index (χ0) is 19.1. The highest BCUT2D eigenvalue weighted by Gasteiger charge is 2.27. The average Bonchev–Trinajstić information content (AvgIpc) is 3.36. The van der Waals surface area contributed by atoms with E-state index in [9.17, 15) is 9.18 Å². The van der Waals surface area contributed by atoms with E-state index in [1.54, 1.807) is 30.3 Å². The first-order valence-electron chi connectivity index (χ1n) is 9.14. The summed E-state index contributed by atoms with van der Waals surface area (Å²) >= 11 is 0. The predicted molar refractivity (Wildman–Crippen MR) is 101 cm³/mol. The molecule has 2 aromatic carbocycles. The van der Waals surface area contributed by atoms with Gasteiger partial charge in [-0.25, -0.2) is 4.39 Å². The van der Waals surface area contributed by atoms with Crippen LogP contribution in [0.4, 0.5) is 4.39 Å². The molecule has 1 aliphatic rings. The lowest BCUT2D eigenvalue weighted by molar-refractivity contribution is 0.0931.